The number of hydrogen-bond donors (Lipinski definition) is 2. The maximum atomic E-state index is 13.0. The summed E-state index contributed by atoms with van der Waals surface area (Å²) in [4.78, 5) is 0.153. The molecule has 0 unspecified atom stereocenters. The van der Waals surface area contributed by atoms with Crippen molar-refractivity contribution in [1.82, 2.24) is 20.6 Å². The lowest BCUT2D eigenvalue weighted by Gasteiger charge is -2.12. The van der Waals surface area contributed by atoms with Crippen LogP contribution >= 0.6 is 0 Å². The van der Waals surface area contributed by atoms with Crippen molar-refractivity contribution in [2.24, 2.45) is 0 Å². The van der Waals surface area contributed by atoms with Gasteiger partial charge >= 0.3 is 0 Å². The van der Waals surface area contributed by atoms with E-state index in [-0.39, 0.29) is 4.90 Å². The first kappa shape index (κ1) is 19.6. The van der Waals surface area contributed by atoms with Crippen LogP contribution in [-0.4, -0.2) is 36.2 Å². The molecule has 0 aliphatic carbocycles. The standard InChI is InChI=1S/C21H19N5O3S/c1-14-3-12-19(21-22-25-26-23-21)20(13-14)24-30(27,28)18-10-6-16(7-11-18)15-4-8-17(29-2)9-5-15/h3-13,24H,1-2H3,(H,22,23,25,26). The number of aromatic nitrogens is 4. The molecule has 0 amide bonds. The normalized spacial score (nSPS) is 11.3. The first-order chi connectivity index (χ1) is 14.5. The Bertz CT molecular complexity index is 1250. The Kier molecular flexibility index (Phi) is 5.20. The molecular formula is C21H19N5O3S. The van der Waals surface area contributed by atoms with Crippen LogP contribution in [0, 0.1) is 6.92 Å². The highest BCUT2D eigenvalue weighted by Crippen LogP contribution is 2.29. The molecule has 0 bridgehead atoms. The van der Waals surface area contributed by atoms with E-state index in [0.717, 1.165) is 22.4 Å². The summed E-state index contributed by atoms with van der Waals surface area (Å²) in [5.74, 6) is 1.07. The fourth-order valence-electron chi connectivity index (χ4n) is 3.03. The molecule has 0 radical (unpaired) electrons. The third kappa shape index (κ3) is 4.01. The van der Waals surface area contributed by atoms with Crippen LogP contribution < -0.4 is 9.46 Å². The molecule has 9 heteroatoms. The lowest BCUT2D eigenvalue weighted by molar-refractivity contribution is 0.415. The number of benzene rings is 3. The van der Waals surface area contributed by atoms with E-state index in [0.29, 0.717) is 17.1 Å². The number of sulfonamides is 1. The minimum atomic E-state index is -3.81. The zero-order valence-electron chi connectivity index (χ0n) is 16.3. The quantitative estimate of drug-likeness (QED) is 0.492. The highest BCUT2D eigenvalue weighted by Gasteiger charge is 2.18. The first-order valence-corrected chi connectivity index (χ1v) is 10.6. The van der Waals surface area contributed by atoms with Crippen LogP contribution in [0.5, 0.6) is 5.75 Å². The highest BCUT2D eigenvalue weighted by molar-refractivity contribution is 7.92. The number of aryl methyl sites for hydroxylation is 1. The van der Waals surface area contributed by atoms with Gasteiger partial charge in [-0.05, 0) is 65.2 Å². The molecule has 0 atom stereocenters. The topological polar surface area (TPSA) is 110 Å². The largest absolute Gasteiger partial charge is 0.497 e. The van der Waals surface area contributed by atoms with E-state index in [4.69, 9.17) is 4.74 Å². The van der Waals surface area contributed by atoms with Gasteiger partial charge in [-0.2, -0.15) is 5.21 Å². The molecule has 0 spiro atoms. The van der Waals surface area contributed by atoms with Crippen LogP contribution in [0.25, 0.3) is 22.5 Å². The third-order valence-corrected chi connectivity index (χ3v) is 5.98. The van der Waals surface area contributed by atoms with Crippen LogP contribution in [0.1, 0.15) is 5.56 Å². The van der Waals surface area contributed by atoms with Crippen LogP contribution in [0.3, 0.4) is 0 Å². The number of nitrogens with zero attached hydrogens (tertiary/aromatic N) is 3. The molecule has 1 aromatic heterocycles. The second-order valence-electron chi connectivity index (χ2n) is 6.64. The maximum absolute atomic E-state index is 13.0. The molecule has 0 fully saturated rings. The Hall–Kier alpha value is -3.72. The number of rotatable bonds is 6. The zero-order chi connectivity index (χ0) is 21.1. The van der Waals surface area contributed by atoms with Crippen molar-refractivity contribution in [2.45, 2.75) is 11.8 Å². The number of hydrogen-bond acceptors (Lipinski definition) is 6. The molecule has 0 saturated heterocycles. The van der Waals surface area contributed by atoms with Gasteiger partial charge in [-0.15, -0.1) is 10.2 Å². The average molecular weight is 421 g/mol. The van der Waals surface area contributed by atoms with Gasteiger partial charge in [0.2, 0.25) is 5.82 Å². The molecule has 3 aromatic carbocycles. The molecule has 4 aromatic rings. The van der Waals surface area contributed by atoms with Crippen molar-refractivity contribution in [3.05, 3.63) is 72.3 Å². The summed E-state index contributed by atoms with van der Waals surface area (Å²) in [6.07, 6.45) is 0. The van der Waals surface area contributed by atoms with Crippen molar-refractivity contribution in [1.29, 1.82) is 0 Å². The number of anilines is 1. The Morgan fingerprint density at radius 3 is 2.20 bits per heavy atom. The van der Waals surface area contributed by atoms with Crippen molar-refractivity contribution in [3.8, 4) is 28.3 Å². The summed E-state index contributed by atoms with van der Waals surface area (Å²) in [5.41, 5.74) is 3.68. The van der Waals surface area contributed by atoms with Gasteiger partial charge < -0.3 is 4.74 Å². The van der Waals surface area contributed by atoms with E-state index in [2.05, 4.69) is 25.3 Å². The fraction of sp³-hybridized carbons (Fsp3) is 0.0952. The van der Waals surface area contributed by atoms with E-state index in [9.17, 15) is 8.42 Å². The number of nitrogens with one attached hydrogen (secondary N) is 2. The van der Waals surface area contributed by atoms with Crippen LogP contribution in [-0.2, 0) is 10.0 Å². The number of H-pyrrole nitrogens is 1. The van der Waals surface area contributed by atoms with Crippen molar-refractivity contribution in [3.63, 3.8) is 0 Å². The predicted molar refractivity (Wildman–Crippen MR) is 114 cm³/mol. The van der Waals surface area contributed by atoms with Crippen molar-refractivity contribution >= 4 is 15.7 Å². The van der Waals surface area contributed by atoms with Gasteiger partial charge in [0.25, 0.3) is 10.0 Å². The van der Waals surface area contributed by atoms with Crippen LogP contribution in [0.15, 0.2) is 71.6 Å². The molecule has 152 valence electrons. The van der Waals surface area contributed by atoms with Crippen LogP contribution in [0.2, 0.25) is 0 Å². The lowest BCUT2D eigenvalue weighted by atomic mass is 10.1. The van der Waals surface area contributed by atoms with E-state index in [1.807, 2.05) is 37.3 Å². The SMILES string of the molecule is COc1ccc(-c2ccc(S(=O)(=O)Nc3cc(C)ccc3-c3nn[nH]n3)cc2)cc1. The van der Waals surface area contributed by atoms with Gasteiger partial charge in [0.1, 0.15) is 5.75 Å². The molecule has 0 saturated carbocycles. The van der Waals surface area contributed by atoms with Crippen molar-refractivity contribution < 1.29 is 13.2 Å². The molecular weight excluding hydrogens is 402 g/mol. The molecule has 2 N–H and O–H groups in total. The van der Waals surface area contributed by atoms with E-state index in [1.165, 1.54) is 0 Å². The summed E-state index contributed by atoms with van der Waals surface area (Å²) >= 11 is 0. The molecule has 4 rings (SSSR count). The van der Waals surface area contributed by atoms with Gasteiger partial charge in [0.15, 0.2) is 0 Å². The number of methoxy groups -OCH3 is 1. The van der Waals surface area contributed by atoms with Gasteiger partial charge in [0, 0.05) is 5.56 Å². The van der Waals surface area contributed by atoms with E-state index in [1.54, 1.807) is 43.5 Å². The second kappa shape index (κ2) is 7.96. The molecule has 0 aliphatic rings. The van der Waals surface area contributed by atoms with Gasteiger partial charge in [-0.25, -0.2) is 8.42 Å². The van der Waals surface area contributed by atoms with Gasteiger partial charge in [-0.3, -0.25) is 4.72 Å². The molecule has 30 heavy (non-hydrogen) atoms. The summed E-state index contributed by atoms with van der Waals surface area (Å²) in [6.45, 7) is 1.88. The molecule has 8 nitrogen and oxygen atoms in total. The Labute approximate surface area is 174 Å². The number of tetrazole rings is 1. The number of aromatic amines is 1. The van der Waals surface area contributed by atoms with Crippen molar-refractivity contribution in [2.75, 3.05) is 11.8 Å². The van der Waals surface area contributed by atoms with Gasteiger partial charge in [-0.1, -0.05) is 30.3 Å². The minimum absolute atomic E-state index is 0.153. The summed E-state index contributed by atoms with van der Waals surface area (Å²) < 4.78 is 33.8. The highest BCUT2D eigenvalue weighted by atomic mass is 32.2. The fourth-order valence-corrected chi connectivity index (χ4v) is 4.10. The summed E-state index contributed by atoms with van der Waals surface area (Å²) in [6, 6.07) is 19.6. The first-order valence-electron chi connectivity index (χ1n) is 9.08. The van der Waals surface area contributed by atoms with E-state index < -0.39 is 10.0 Å². The Morgan fingerprint density at radius 1 is 0.933 bits per heavy atom. The molecule has 1 heterocycles. The summed E-state index contributed by atoms with van der Waals surface area (Å²) in [7, 11) is -2.20. The predicted octanol–water partition coefficient (Wildman–Crippen LogP) is 3.65. The van der Waals surface area contributed by atoms with Gasteiger partial charge in [0.05, 0.1) is 17.7 Å². The Morgan fingerprint density at radius 2 is 1.60 bits per heavy atom. The van der Waals surface area contributed by atoms with Crippen LogP contribution in [0.4, 0.5) is 5.69 Å². The second-order valence-corrected chi connectivity index (χ2v) is 8.33. The minimum Gasteiger partial charge on any atom is -0.497 e. The molecule has 0 aliphatic heterocycles. The maximum Gasteiger partial charge on any atom is 0.261 e. The van der Waals surface area contributed by atoms with E-state index >= 15 is 0 Å². The monoisotopic (exact) mass is 421 g/mol. The lowest BCUT2D eigenvalue weighted by Crippen LogP contribution is -2.14. The average Bonchev–Trinajstić information content (AvgIpc) is 3.28. The Balaban J connectivity index is 1.62. The smallest absolute Gasteiger partial charge is 0.261 e. The number of ether oxygens (including phenoxy) is 1. The third-order valence-electron chi connectivity index (χ3n) is 4.59. The summed E-state index contributed by atoms with van der Waals surface area (Å²) in [5, 5.41) is 13.8. The zero-order valence-corrected chi connectivity index (χ0v) is 17.1.